The molecule has 0 saturated carbocycles. The third-order valence-electron chi connectivity index (χ3n) is 7.49. The normalized spacial score (nSPS) is 14.2. The highest BCUT2D eigenvalue weighted by atomic mass is 32.2. The highest BCUT2D eigenvalue weighted by molar-refractivity contribution is 8.27. The van der Waals surface area contributed by atoms with Crippen molar-refractivity contribution in [1.82, 2.24) is 19.1 Å². The molecule has 3 aromatic carbocycles. The van der Waals surface area contributed by atoms with Gasteiger partial charge in [0.1, 0.15) is 5.69 Å². The fourth-order valence-electron chi connectivity index (χ4n) is 5.09. The number of unbranched alkanes of at least 4 members (excludes halogenated alkanes) is 1. The van der Waals surface area contributed by atoms with E-state index in [9.17, 15) is 9.59 Å². The number of hydrogen-bond acceptors (Lipinski definition) is 6. The Balaban J connectivity index is 1.38. The highest BCUT2D eigenvalue weighted by Gasteiger charge is 2.38. The number of aromatic nitrogens is 4. The summed E-state index contributed by atoms with van der Waals surface area (Å²) in [6.45, 7) is 4.02. The Labute approximate surface area is 270 Å². The third-order valence-corrected chi connectivity index (χ3v) is 9.89. The van der Waals surface area contributed by atoms with E-state index in [4.69, 9.17) is 17.3 Å². The molecule has 0 unspecified atom stereocenters. The van der Waals surface area contributed by atoms with E-state index in [2.05, 4.69) is 31.2 Å². The predicted molar refractivity (Wildman–Crippen MR) is 186 cm³/mol. The summed E-state index contributed by atoms with van der Waals surface area (Å²) in [5, 5.41) is 4.94. The maximum Gasteiger partial charge on any atom is 0.296 e. The molecule has 0 atom stereocenters. The molecule has 222 valence electrons. The molecule has 7 nitrogen and oxygen atoms in total. The number of carbonyl (C=O) groups is 1. The summed E-state index contributed by atoms with van der Waals surface area (Å²) >= 11 is 8.74. The number of para-hydroxylation sites is 2. The van der Waals surface area contributed by atoms with Crippen LogP contribution in [-0.2, 0) is 11.8 Å². The van der Waals surface area contributed by atoms with Crippen LogP contribution in [0.5, 0.6) is 0 Å². The predicted octanol–water partition coefficient (Wildman–Crippen LogP) is 7.64. The van der Waals surface area contributed by atoms with E-state index in [0.29, 0.717) is 20.6 Å². The molecule has 0 spiro atoms. The molecule has 3 heterocycles. The van der Waals surface area contributed by atoms with E-state index in [1.807, 2.05) is 96.3 Å². The van der Waals surface area contributed by atoms with E-state index < -0.39 is 0 Å². The highest BCUT2D eigenvalue weighted by Crippen LogP contribution is 2.38. The molecule has 1 fully saturated rings. The van der Waals surface area contributed by atoms with Crippen LogP contribution in [0.25, 0.3) is 28.7 Å². The number of amides is 1. The SMILES string of the molecule is CCCCSc1ccc(-c2nn(-c3ccccc3)cc2/C=C2\SC(=S)N(c3c(C)n(C)n(-c4ccccc4)c3=O)C2=O)cc1. The lowest BCUT2D eigenvalue weighted by Crippen LogP contribution is -2.33. The topological polar surface area (TPSA) is 65.1 Å². The van der Waals surface area contributed by atoms with Crippen molar-refractivity contribution in [3.05, 3.63) is 118 Å². The van der Waals surface area contributed by atoms with Gasteiger partial charge in [0.25, 0.3) is 11.5 Å². The van der Waals surface area contributed by atoms with Gasteiger partial charge in [-0.2, -0.15) is 5.10 Å². The Kier molecular flexibility index (Phi) is 8.74. The van der Waals surface area contributed by atoms with Crippen molar-refractivity contribution in [2.24, 2.45) is 7.05 Å². The Morgan fingerprint density at radius 2 is 1.59 bits per heavy atom. The number of hydrogen-bond donors (Lipinski definition) is 0. The molecule has 1 amide bonds. The Bertz CT molecular complexity index is 1920. The standard InChI is InChI=1S/C34H31N5O2S3/c1-4-5-20-43-28-18-16-24(17-19-28)30-25(22-37(35-30)26-12-8-6-9-13-26)21-29-32(40)38(34(42)44-29)31-23(2)36(3)39(33(31)41)27-14-10-7-11-15-27/h6-19,21-22H,4-5,20H2,1-3H3/b29-21-. The van der Waals surface area contributed by atoms with Gasteiger partial charge in [0.2, 0.25) is 0 Å². The molecular formula is C34H31N5O2S3. The first-order chi connectivity index (χ1) is 21.4. The van der Waals surface area contributed by atoms with Crippen molar-refractivity contribution in [3.8, 4) is 22.6 Å². The fraction of sp³-hybridized carbons (Fsp3) is 0.176. The number of thioether (sulfide) groups is 2. The molecule has 0 aliphatic carbocycles. The van der Waals surface area contributed by atoms with Gasteiger partial charge in [0.15, 0.2) is 4.32 Å². The molecule has 5 aromatic rings. The van der Waals surface area contributed by atoms with Crippen molar-refractivity contribution >= 4 is 57.7 Å². The van der Waals surface area contributed by atoms with Gasteiger partial charge in [-0.25, -0.2) is 9.36 Å². The van der Waals surface area contributed by atoms with Crippen LogP contribution in [0.3, 0.4) is 0 Å². The molecule has 1 aliphatic heterocycles. The lowest BCUT2D eigenvalue weighted by molar-refractivity contribution is -0.113. The monoisotopic (exact) mass is 637 g/mol. The number of thiocarbonyl (C=S) groups is 1. The molecule has 1 aliphatic rings. The summed E-state index contributed by atoms with van der Waals surface area (Å²) in [7, 11) is 1.80. The van der Waals surface area contributed by atoms with Gasteiger partial charge in [0.05, 0.1) is 27.7 Å². The summed E-state index contributed by atoms with van der Waals surface area (Å²) in [5.41, 5.74) is 4.72. The summed E-state index contributed by atoms with van der Waals surface area (Å²) in [6.07, 6.45) is 6.11. The zero-order valence-electron chi connectivity index (χ0n) is 24.6. The van der Waals surface area contributed by atoms with Crippen LogP contribution >= 0.6 is 35.7 Å². The van der Waals surface area contributed by atoms with E-state index in [1.165, 1.54) is 34.4 Å². The molecule has 0 radical (unpaired) electrons. The van der Waals surface area contributed by atoms with Crippen LogP contribution in [0, 0.1) is 6.92 Å². The van der Waals surface area contributed by atoms with Gasteiger partial charge >= 0.3 is 0 Å². The van der Waals surface area contributed by atoms with Crippen LogP contribution in [0.1, 0.15) is 31.0 Å². The Morgan fingerprint density at radius 3 is 2.25 bits per heavy atom. The molecule has 1 saturated heterocycles. The van der Waals surface area contributed by atoms with Crippen LogP contribution in [0.15, 0.2) is 106 Å². The first kappa shape index (κ1) is 29.9. The van der Waals surface area contributed by atoms with Gasteiger partial charge in [-0.3, -0.25) is 19.2 Å². The summed E-state index contributed by atoms with van der Waals surface area (Å²) < 4.78 is 5.45. The van der Waals surface area contributed by atoms with E-state index >= 15 is 0 Å². The molecule has 44 heavy (non-hydrogen) atoms. The number of anilines is 1. The van der Waals surface area contributed by atoms with E-state index in [0.717, 1.165) is 28.3 Å². The quantitative estimate of drug-likeness (QED) is 0.0717. The lowest BCUT2D eigenvalue weighted by atomic mass is 10.1. The Hall–Kier alpha value is -4.12. The van der Waals surface area contributed by atoms with Crippen LogP contribution in [0.4, 0.5) is 5.69 Å². The van der Waals surface area contributed by atoms with Gasteiger partial charge in [-0.15, -0.1) is 11.8 Å². The minimum absolute atomic E-state index is 0.263. The number of benzene rings is 3. The summed E-state index contributed by atoms with van der Waals surface area (Å²) in [6, 6.07) is 27.6. The average molecular weight is 638 g/mol. The molecule has 6 rings (SSSR count). The van der Waals surface area contributed by atoms with Crippen molar-refractivity contribution in [2.75, 3.05) is 10.7 Å². The third kappa shape index (κ3) is 5.72. The van der Waals surface area contributed by atoms with Crippen molar-refractivity contribution in [2.45, 2.75) is 31.6 Å². The average Bonchev–Trinajstić information content (AvgIpc) is 3.65. The minimum Gasteiger partial charge on any atom is -0.283 e. The van der Waals surface area contributed by atoms with Crippen molar-refractivity contribution < 1.29 is 4.79 Å². The maximum absolute atomic E-state index is 13.9. The van der Waals surface area contributed by atoms with Crippen LogP contribution in [-0.4, -0.2) is 35.1 Å². The van der Waals surface area contributed by atoms with Crippen molar-refractivity contribution in [3.63, 3.8) is 0 Å². The summed E-state index contributed by atoms with van der Waals surface area (Å²) in [5.74, 6) is 0.759. The van der Waals surface area contributed by atoms with Crippen LogP contribution in [0.2, 0.25) is 0 Å². The molecule has 0 bridgehead atoms. The molecule has 0 N–H and O–H groups in total. The molecule has 2 aromatic heterocycles. The second kappa shape index (κ2) is 12.9. The van der Waals surface area contributed by atoms with Gasteiger partial charge in [0, 0.05) is 29.3 Å². The summed E-state index contributed by atoms with van der Waals surface area (Å²) in [4.78, 5) is 30.7. The number of carbonyl (C=O) groups excluding carboxylic acids is 1. The Morgan fingerprint density at radius 1 is 0.932 bits per heavy atom. The fourth-order valence-corrected chi connectivity index (χ4v) is 7.35. The smallest absolute Gasteiger partial charge is 0.283 e. The molecule has 10 heteroatoms. The van der Waals surface area contributed by atoms with Crippen LogP contribution < -0.4 is 10.5 Å². The van der Waals surface area contributed by atoms with E-state index in [1.54, 1.807) is 16.4 Å². The largest absolute Gasteiger partial charge is 0.296 e. The van der Waals surface area contributed by atoms with Gasteiger partial charge < -0.3 is 0 Å². The van der Waals surface area contributed by atoms with Crippen molar-refractivity contribution in [1.29, 1.82) is 0 Å². The first-order valence-electron chi connectivity index (χ1n) is 14.4. The van der Waals surface area contributed by atoms with Gasteiger partial charge in [-0.05, 0) is 61.6 Å². The zero-order valence-corrected chi connectivity index (χ0v) is 27.1. The number of nitrogens with zero attached hydrogens (tertiary/aromatic N) is 5. The van der Waals surface area contributed by atoms with E-state index in [-0.39, 0.29) is 17.2 Å². The second-order valence-electron chi connectivity index (χ2n) is 10.4. The minimum atomic E-state index is -0.327. The molecular weight excluding hydrogens is 607 g/mol. The second-order valence-corrected chi connectivity index (χ2v) is 13.2. The maximum atomic E-state index is 13.9. The number of rotatable bonds is 9. The first-order valence-corrected chi connectivity index (χ1v) is 16.6. The lowest BCUT2D eigenvalue weighted by Gasteiger charge is -2.12. The van der Waals surface area contributed by atoms with Gasteiger partial charge in [-0.1, -0.05) is 85.9 Å². The zero-order chi connectivity index (χ0) is 30.8.